The van der Waals surface area contributed by atoms with Crippen molar-refractivity contribution in [2.45, 2.75) is 44.3 Å². The molecule has 1 aromatic carbocycles. The largest absolute Gasteiger partial charge is 0.369 e. The molecule has 2 aromatic rings. The first-order valence-corrected chi connectivity index (χ1v) is 9.44. The Morgan fingerprint density at radius 1 is 1.25 bits per heavy atom. The second kappa shape index (κ2) is 6.87. The van der Waals surface area contributed by atoms with E-state index in [1.54, 1.807) is 0 Å². The number of nitrogens with zero attached hydrogens (tertiary/aromatic N) is 1. The maximum atomic E-state index is 6.43. The number of morpholine rings is 1. The lowest BCUT2D eigenvalue weighted by molar-refractivity contribution is -0.142. The molecule has 24 heavy (non-hydrogen) atoms. The van der Waals surface area contributed by atoms with Gasteiger partial charge in [0.05, 0.1) is 11.7 Å². The van der Waals surface area contributed by atoms with Crippen LogP contribution in [0.5, 0.6) is 0 Å². The zero-order chi connectivity index (χ0) is 16.4. The van der Waals surface area contributed by atoms with E-state index in [1.165, 1.54) is 16.5 Å². The summed E-state index contributed by atoms with van der Waals surface area (Å²) in [6.45, 7) is 7.72. The minimum Gasteiger partial charge on any atom is -0.369 e. The second-order valence-electron chi connectivity index (χ2n) is 7.41. The number of ether oxygens (including phenoxy) is 1. The van der Waals surface area contributed by atoms with Crippen LogP contribution in [0.15, 0.2) is 30.5 Å². The highest BCUT2D eigenvalue weighted by Gasteiger charge is 2.39. The third-order valence-corrected chi connectivity index (χ3v) is 5.83. The van der Waals surface area contributed by atoms with Crippen LogP contribution >= 0.6 is 0 Å². The average Bonchev–Trinajstić information content (AvgIpc) is 3.05. The van der Waals surface area contributed by atoms with Crippen LogP contribution in [-0.4, -0.2) is 54.3 Å². The molecule has 4 nitrogen and oxygen atoms in total. The lowest BCUT2D eigenvalue weighted by atomic mass is 9.89. The number of aromatic nitrogens is 1. The Kier molecular flexibility index (Phi) is 4.61. The van der Waals surface area contributed by atoms with Crippen molar-refractivity contribution in [3.05, 3.63) is 36.0 Å². The number of para-hydroxylation sites is 1. The van der Waals surface area contributed by atoms with Gasteiger partial charge in [0.15, 0.2) is 0 Å². The first kappa shape index (κ1) is 16.1. The molecule has 2 fully saturated rings. The number of rotatable bonds is 4. The number of hydrogen-bond acceptors (Lipinski definition) is 3. The maximum absolute atomic E-state index is 6.43. The molecule has 2 aliphatic rings. The molecule has 0 amide bonds. The van der Waals surface area contributed by atoms with Gasteiger partial charge in [0, 0.05) is 49.8 Å². The topological polar surface area (TPSA) is 40.3 Å². The maximum Gasteiger partial charge on any atom is 0.0835 e. The fourth-order valence-electron chi connectivity index (χ4n) is 4.22. The molecule has 0 radical (unpaired) electrons. The van der Waals surface area contributed by atoms with E-state index >= 15 is 0 Å². The zero-order valence-electron chi connectivity index (χ0n) is 14.7. The fourth-order valence-corrected chi connectivity index (χ4v) is 4.22. The predicted molar refractivity (Wildman–Crippen MR) is 98.4 cm³/mol. The molecule has 0 bridgehead atoms. The summed E-state index contributed by atoms with van der Waals surface area (Å²) in [4.78, 5) is 5.99. The average molecular weight is 327 g/mol. The molecule has 1 aromatic heterocycles. The normalized spacial score (nSPS) is 24.6. The van der Waals surface area contributed by atoms with E-state index in [9.17, 15) is 0 Å². The van der Waals surface area contributed by atoms with E-state index in [1.807, 2.05) is 0 Å². The van der Waals surface area contributed by atoms with Crippen molar-refractivity contribution in [3.63, 3.8) is 0 Å². The van der Waals surface area contributed by atoms with Crippen LogP contribution in [0.25, 0.3) is 10.9 Å². The quantitative estimate of drug-likeness (QED) is 0.907. The number of likely N-dealkylation sites (tertiary alicyclic amines) is 1. The second-order valence-corrected chi connectivity index (χ2v) is 7.41. The molecule has 0 saturated carbocycles. The Morgan fingerprint density at radius 3 is 2.92 bits per heavy atom. The van der Waals surface area contributed by atoms with Crippen molar-refractivity contribution in [1.29, 1.82) is 0 Å². The summed E-state index contributed by atoms with van der Waals surface area (Å²) in [6.07, 6.45) is 7.12. The van der Waals surface area contributed by atoms with Gasteiger partial charge in [0.1, 0.15) is 0 Å². The Labute approximate surface area is 144 Å². The number of aromatic amines is 1. The lowest BCUT2D eigenvalue weighted by Crippen LogP contribution is -2.58. The van der Waals surface area contributed by atoms with Crippen molar-refractivity contribution in [2.24, 2.45) is 0 Å². The Morgan fingerprint density at radius 2 is 2.08 bits per heavy atom. The molecule has 4 rings (SSSR count). The van der Waals surface area contributed by atoms with E-state index in [4.69, 9.17) is 4.74 Å². The van der Waals surface area contributed by atoms with E-state index in [2.05, 4.69) is 52.6 Å². The highest BCUT2D eigenvalue weighted by atomic mass is 16.5. The van der Waals surface area contributed by atoms with Crippen molar-refractivity contribution in [2.75, 3.05) is 32.7 Å². The van der Waals surface area contributed by atoms with Gasteiger partial charge in [-0.1, -0.05) is 25.1 Å². The highest BCUT2D eigenvalue weighted by molar-refractivity contribution is 5.83. The Balaban J connectivity index is 1.32. The molecular weight excluding hydrogens is 298 g/mol. The Bertz CT molecular complexity index is 672. The molecule has 1 unspecified atom stereocenters. The van der Waals surface area contributed by atoms with Gasteiger partial charge in [-0.15, -0.1) is 0 Å². The lowest BCUT2D eigenvalue weighted by Gasteiger charge is -2.46. The zero-order valence-corrected chi connectivity index (χ0v) is 14.7. The van der Waals surface area contributed by atoms with Gasteiger partial charge in [-0.05, 0) is 37.3 Å². The summed E-state index contributed by atoms with van der Waals surface area (Å²) >= 11 is 0. The van der Waals surface area contributed by atoms with Crippen LogP contribution in [-0.2, 0) is 11.2 Å². The molecule has 2 N–H and O–H groups in total. The minimum atomic E-state index is 0.0935. The first-order valence-electron chi connectivity index (χ1n) is 9.44. The van der Waals surface area contributed by atoms with Crippen molar-refractivity contribution < 1.29 is 4.74 Å². The van der Waals surface area contributed by atoms with E-state index in [0.29, 0.717) is 6.10 Å². The molecule has 3 heterocycles. The molecule has 2 aliphatic heterocycles. The van der Waals surface area contributed by atoms with Gasteiger partial charge in [0.25, 0.3) is 0 Å². The van der Waals surface area contributed by atoms with Gasteiger partial charge in [-0.3, -0.25) is 0 Å². The van der Waals surface area contributed by atoms with Crippen LogP contribution in [0.4, 0.5) is 0 Å². The van der Waals surface area contributed by atoms with Crippen LogP contribution in [0, 0.1) is 0 Å². The molecule has 2 saturated heterocycles. The Hall–Kier alpha value is -1.36. The van der Waals surface area contributed by atoms with E-state index in [0.717, 1.165) is 58.4 Å². The number of piperidine rings is 1. The van der Waals surface area contributed by atoms with Crippen LogP contribution < -0.4 is 5.32 Å². The summed E-state index contributed by atoms with van der Waals surface area (Å²) in [5.74, 6) is 0. The number of benzene rings is 1. The number of H-pyrrole nitrogens is 1. The number of fused-ring (bicyclic) bond motifs is 1. The molecule has 130 valence electrons. The van der Waals surface area contributed by atoms with Crippen LogP contribution in [0.1, 0.15) is 31.7 Å². The monoisotopic (exact) mass is 327 g/mol. The third kappa shape index (κ3) is 3.23. The summed E-state index contributed by atoms with van der Waals surface area (Å²) in [7, 11) is 0. The SMILES string of the molecule is CCC1CNCC2(CCN(CCc3c[nH]c4ccccc34)CC2)O1. The van der Waals surface area contributed by atoms with Crippen LogP contribution in [0.3, 0.4) is 0 Å². The summed E-state index contributed by atoms with van der Waals surface area (Å²) < 4.78 is 6.43. The smallest absolute Gasteiger partial charge is 0.0835 e. The molecule has 1 atom stereocenters. The highest BCUT2D eigenvalue weighted by Crippen LogP contribution is 2.30. The molecule has 0 aliphatic carbocycles. The molecule has 1 spiro atoms. The van der Waals surface area contributed by atoms with Gasteiger partial charge in [0.2, 0.25) is 0 Å². The van der Waals surface area contributed by atoms with Crippen molar-refractivity contribution in [3.8, 4) is 0 Å². The molecule has 4 heteroatoms. The summed E-state index contributed by atoms with van der Waals surface area (Å²) in [6, 6.07) is 8.59. The molecular formula is C20H29N3O. The van der Waals surface area contributed by atoms with Crippen LogP contribution in [0.2, 0.25) is 0 Å². The number of hydrogen-bond donors (Lipinski definition) is 2. The predicted octanol–water partition coefficient (Wildman–Crippen LogP) is 2.94. The van der Waals surface area contributed by atoms with Crippen molar-refractivity contribution in [1.82, 2.24) is 15.2 Å². The van der Waals surface area contributed by atoms with Gasteiger partial charge >= 0.3 is 0 Å². The van der Waals surface area contributed by atoms with Gasteiger partial charge in [-0.2, -0.15) is 0 Å². The van der Waals surface area contributed by atoms with E-state index in [-0.39, 0.29) is 5.60 Å². The van der Waals surface area contributed by atoms with Gasteiger partial charge < -0.3 is 19.9 Å². The third-order valence-electron chi connectivity index (χ3n) is 5.83. The van der Waals surface area contributed by atoms with E-state index < -0.39 is 0 Å². The number of nitrogens with one attached hydrogen (secondary N) is 2. The summed E-state index contributed by atoms with van der Waals surface area (Å²) in [5, 5.41) is 4.96. The minimum absolute atomic E-state index is 0.0935. The standard InChI is InChI=1S/C20H29N3O/c1-2-17-14-21-15-20(24-17)8-11-23(12-9-20)10-7-16-13-22-19-6-4-3-5-18(16)19/h3-6,13,17,21-22H,2,7-12,14-15H2,1H3. The van der Waals surface area contributed by atoms with Gasteiger partial charge in [-0.25, -0.2) is 0 Å². The fraction of sp³-hybridized carbons (Fsp3) is 0.600. The van der Waals surface area contributed by atoms with Crippen molar-refractivity contribution >= 4 is 10.9 Å². The summed E-state index contributed by atoms with van der Waals surface area (Å²) in [5.41, 5.74) is 2.78. The first-order chi connectivity index (χ1) is 11.8.